The van der Waals surface area contributed by atoms with Crippen molar-refractivity contribution in [3.05, 3.63) is 71.6 Å². The molecule has 2 aromatic carbocycles. The van der Waals surface area contributed by atoms with Gasteiger partial charge in [0.05, 0.1) is 12.2 Å². The molecule has 0 saturated carbocycles. The highest BCUT2D eigenvalue weighted by Gasteiger charge is 2.10. The maximum absolute atomic E-state index is 13.4. The highest BCUT2D eigenvalue weighted by Crippen LogP contribution is 2.13. The van der Waals surface area contributed by atoms with Gasteiger partial charge in [-0.3, -0.25) is 20.4 Å². The Kier molecular flexibility index (Phi) is 6.71. The van der Waals surface area contributed by atoms with Crippen LogP contribution >= 0.6 is 0 Å². The molecule has 0 radical (unpaired) electrons. The molecule has 6 heteroatoms. The SMILES string of the molecule is CCCOc1ccc(C=CC(=O)NNC(=O)c2ccccc2F)cc1. The summed E-state index contributed by atoms with van der Waals surface area (Å²) in [6, 6.07) is 12.8. The summed E-state index contributed by atoms with van der Waals surface area (Å²) in [5.41, 5.74) is 5.02. The Morgan fingerprint density at radius 2 is 1.80 bits per heavy atom. The van der Waals surface area contributed by atoms with Crippen LogP contribution in [0.3, 0.4) is 0 Å². The summed E-state index contributed by atoms with van der Waals surface area (Å²) in [7, 11) is 0. The fraction of sp³-hybridized carbons (Fsp3) is 0.158. The topological polar surface area (TPSA) is 67.4 Å². The Hall–Kier alpha value is -3.15. The molecule has 0 saturated heterocycles. The summed E-state index contributed by atoms with van der Waals surface area (Å²) in [6.07, 6.45) is 3.79. The lowest BCUT2D eigenvalue weighted by Crippen LogP contribution is -2.41. The number of rotatable bonds is 6. The van der Waals surface area contributed by atoms with Gasteiger partial charge in [-0.05, 0) is 42.3 Å². The van der Waals surface area contributed by atoms with Crippen molar-refractivity contribution in [1.82, 2.24) is 10.9 Å². The second kappa shape index (κ2) is 9.22. The van der Waals surface area contributed by atoms with Gasteiger partial charge in [0, 0.05) is 6.08 Å². The molecule has 130 valence electrons. The van der Waals surface area contributed by atoms with Crippen LogP contribution in [0.2, 0.25) is 0 Å². The summed E-state index contributed by atoms with van der Waals surface area (Å²) in [5.74, 6) is -1.15. The van der Waals surface area contributed by atoms with Gasteiger partial charge in [0.2, 0.25) is 0 Å². The number of benzene rings is 2. The Labute approximate surface area is 145 Å². The fourth-order valence-corrected chi connectivity index (χ4v) is 1.94. The van der Waals surface area contributed by atoms with Crippen LogP contribution in [-0.2, 0) is 4.79 Å². The first-order valence-electron chi connectivity index (χ1n) is 7.86. The first-order chi connectivity index (χ1) is 12.1. The smallest absolute Gasteiger partial charge is 0.272 e. The zero-order valence-electron chi connectivity index (χ0n) is 13.8. The summed E-state index contributed by atoms with van der Waals surface area (Å²) in [5, 5.41) is 0. The average molecular weight is 342 g/mol. The van der Waals surface area contributed by atoms with Gasteiger partial charge in [0.1, 0.15) is 11.6 Å². The number of amides is 2. The van der Waals surface area contributed by atoms with Gasteiger partial charge in [-0.15, -0.1) is 0 Å². The maximum atomic E-state index is 13.4. The third-order valence-corrected chi connectivity index (χ3v) is 3.20. The number of hydrogen-bond donors (Lipinski definition) is 2. The maximum Gasteiger partial charge on any atom is 0.272 e. The van der Waals surface area contributed by atoms with E-state index in [-0.39, 0.29) is 5.56 Å². The molecule has 0 aromatic heterocycles. The summed E-state index contributed by atoms with van der Waals surface area (Å²) >= 11 is 0. The minimum atomic E-state index is -0.725. The van der Waals surface area contributed by atoms with Gasteiger partial charge in [0.15, 0.2) is 0 Å². The van der Waals surface area contributed by atoms with Crippen LogP contribution in [0.25, 0.3) is 6.08 Å². The van der Waals surface area contributed by atoms with Gasteiger partial charge >= 0.3 is 0 Å². The van der Waals surface area contributed by atoms with Crippen LogP contribution in [0.5, 0.6) is 5.75 Å². The van der Waals surface area contributed by atoms with Gasteiger partial charge in [-0.25, -0.2) is 4.39 Å². The normalized spacial score (nSPS) is 10.5. The molecular weight excluding hydrogens is 323 g/mol. The van der Waals surface area contributed by atoms with E-state index < -0.39 is 17.6 Å². The number of halogens is 1. The van der Waals surface area contributed by atoms with Gasteiger partial charge < -0.3 is 4.74 Å². The van der Waals surface area contributed by atoms with E-state index in [1.54, 1.807) is 6.08 Å². The zero-order chi connectivity index (χ0) is 18.1. The van der Waals surface area contributed by atoms with Crippen molar-refractivity contribution >= 4 is 17.9 Å². The minimum Gasteiger partial charge on any atom is -0.494 e. The van der Waals surface area contributed by atoms with Crippen LogP contribution in [-0.4, -0.2) is 18.4 Å². The monoisotopic (exact) mass is 342 g/mol. The predicted octanol–water partition coefficient (Wildman–Crippen LogP) is 3.09. The molecule has 25 heavy (non-hydrogen) atoms. The second-order valence-corrected chi connectivity index (χ2v) is 5.17. The first kappa shape index (κ1) is 18.2. The van der Waals surface area contributed by atoms with E-state index in [1.807, 2.05) is 31.2 Å². The number of ether oxygens (including phenoxy) is 1. The lowest BCUT2D eigenvalue weighted by atomic mass is 10.2. The average Bonchev–Trinajstić information content (AvgIpc) is 2.64. The molecule has 0 atom stereocenters. The van der Waals surface area contributed by atoms with E-state index in [2.05, 4.69) is 10.9 Å². The molecule has 0 spiro atoms. The van der Waals surface area contributed by atoms with E-state index >= 15 is 0 Å². The van der Waals surface area contributed by atoms with Crippen LogP contribution in [0.1, 0.15) is 29.3 Å². The molecule has 0 bridgehead atoms. The van der Waals surface area contributed by atoms with Crippen molar-refractivity contribution in [2.75, 3.05) is 6.61 Å². The molecule has 0 aliphatic rings. The van der Waals surface area contributed by atoms with E-state index in [9.17, 15) is 14.0 Å². The van der Waals surface area contributed by atoms with Crippen molar-refractivity contribution in [1.29, 1.82) is 0 Å². The van der Waals surface area contributed by atoms with Crippen molar-refractivity contribution < 1.29 is 18.7 Å². The minimum absolute atomic E-state index is 0.144. The van der Waals surface area contributed by atoms with Crippen LogP contribution in [0.4, 0.5) is 4.39 Å². The van der Waals surface area contributed by atoms with E-state index in [1.165, 1.54) is 30.3 Å². The van der Waals surface area contributed by atoms with Crippen molar-refractivity contribution in [3.8, 4) is 5.75 Å². The lowest BCUT2D eigenvalue weighted by molar-refractivity contribution is -0.117. The number of carbonyl (C=O) groups excluding carboxylic acids is 2. The van der Waals surface area contributed by atoms with E-state index in [4.69, 9.17) is 4.74 Å². The molecule has 2 aromatic rings. The molecule has 0 heterocycles. The van der Waals surface area contributed by atoms with Crippen LogP contribution in [0.15, 0.2) is 54.6 Å². The molecule has 0 fully saturated rings. The Morgan fingerprint density at radius 1 is 1.08 bits per heavy atom. The largest absolute Gasteiger partial charge is 0.494 e. The first-order valence-corrected chi connectivity index (χ1v) is 7.86. The van der Waals surface area contributed by atoms with Gasteiger partial charge in [-0.2, -0.15) is 0 Å². The molecule has 2 amide bonds. The third kappa shape index (κ3) is 5.76. The third-order valence-electron chi connectivity index (χ3n) is 3.20. The van der Waals surface area contributed by atoms with Crippen LogP contribution in [0, 0.1) is 5.82 Å². The number of hydrazine groups is 1. The molecule has 0 aliphatic carbocycles. The van der Waals surface area contributed by atoms with Crippen molar-refractivity contribution in [2.45, 2.75) is 13.3 Å². The Balaban J connectivity index is 1.84. The molecule has 2 rings (SSSR count). The summed E-state index contributed by atoms with van der Waals surface area (Å²) in [6.45, 7) is 2.68. The highest BCUT2D eigenvalue weighted by atomic mass is 19.1. The second-order valence-electron chi connectivity index (χ2n) is 5.17. The number of nitrogens with one attached hydrogen (secondary N) is 2. The predicted molar refractivity (Wildman–Crippen MR) is 93.3 cm³/mol. The molecule has 0 aliphatic heterocycles. The Bertz CT molecular complexity index is 758. The van der Waals surface area contributed by atoms with Gasteiger partial charge in [0.25, 0.3) is 11.8 Å². The molecule has 2 N–H and O–H groups in total. The standard InChI is InChI=1S/C19H19FN2O3/c1-2-13-25-15-10-7-14(8-11-15)9-12-18(23)21-22-19(24)16-5-3-4-6-17(16)20/h3-12H,2,13H2,1H3,(H,21,23)(H,22,24). The lowest BCUT2D eigenvalue weighted by Gasteiger charge is -2.06. The molecule has 0 unspecified atom stereocenters. The van der Waals surface area contributed by atoms with E-state index in [0.29, 0.717) is 6.61 Å². The van der Waals surface area contributed by atoms with E-state index in [0.717, 1.165) is 17.7 Å². The van der Waals surface area contributed by atoms with Crippen LogP contribution < -0.4 is 15.6 Å². The van der Waals surface area contributed by atoms with Crippen molar-refractivity contribution in [2.24, 2.45) is 0 Å². The Morgan fingerprint density at radius 3 is 2.48 bits per heavy atom. The molecule has 5 nitrogen and oxygen atoms in total. The van der Waals surface area contributed by atoms with Crippen molar-refractivity contribution in [3.63, 3.8) is 0 Å². The number of carbonyl (C=O) groups is 2. The van der Waals surface area contributed by atoms with Gasteiger partial charge in [-0.1, -0.05) is 31.2 Å². The highest BCUT2D eigenvalue weighted by molar-refractivity contribution is 5.98. The summed E-state index contributed by atoms with van der Waals surface area (Å²) in [4.78, 5) is 23.5. The molecular formula is C19H19FN2O3. The summed E-state index contributed by atoms with van der Waals surface area (Å²) < 4.78 is 18.9. The number of hydrogen-bond acceptors (Lipinski definition) is 3. The zero-order valence-corrected chi connectivity index (χ0v) is 13.8. The fourth-order valence-electron chi connectivity index (χ4n) is 1.94. The quantitative estimate of drug-likeness (QED) is 0.626.